The molecule has 2 aromatic rings. The van der Waals surface area contributed by atoms with Crippen LogP contribution in [0.2, 0.25) is 10.0 Å². The molecule has 1 amide bonds. The van der Waals surface area contributed by atoms with Crippen molar-refractivity contribution in [2.24, 2.45) is 10.1 Å². The van der Waals surface area contributed by atoms with Gasteiger partial charge in [0.05, 0.1) is 11.3 Å². The van der Waals surface area contributed by atoms with E-state index in [1.165, 1.54) is 0 Å². The second-order valence-electron chi connectivity index (χ2n) is 6.28. The van der Waals surface area contributed by atoms with Crippen molar-refractivity contribution in [2.75, 3.05) is 0 Å². The molecule has 5 rings (SSSR count). The largest absolute Gasteiger partial charge is 0.299 e. The molecule has 1 N–H and O–H groups in total. The third kappa shape index (κ3) is 2.84. The van der Waals surface area contributed by atoms with Crippen LogP contribution in [0.3, 0.4) is 0 Å². The molecule has 8 heteroatoms. The fraction of sp³-hybridized carbons (Fsp3) is 0.105. The SMILES string of the molecule is O=C1/C(=C/c2ccc(Cl)cc2)N=C2SC3C(=NNC3c3ccc(Cl)cc3)N12. The van der Waals surface area contributed by atoms with Gasteiger partial charge >= 0.3 is 0 Å². The summed E-state index contributed by atoms with van der Waals surface area (Å²) in [6.45, 7) is 0. The molecule has 1 fully saturated rings. The summed E-state index contributed by atoms with van der Waals surface area (Å²) in [5.41, 5.74) is 5.48. The predicted molar refractivity (Wildman–Crippen MR) is 110 cm³/mol. The van der Waals surface area contributed by atoms with Gasteiger partial charge in [0.25, 0.3) is 5.91 Å². The number of hydrazone groups is 1. The predicted octanol–water partition coefficient (Wildman–Crippen LogP) is 4.31. The molecule has 0 aromatic heterocycles. The first-order valence-corrected chi connectivity index (χ1v) is 9.89. The molecule has 3 aliphatic rings. The van der Waals surface area contributed by atoms with Gasteiger partial charge in [-0.1, -0.05) is 59.2 Å². The maximum atomic E-state index is 12.9. The Bertz CT molecular complexity index is 1030. The van der Waals surface area contributed by atoms with Crippen molar-refractivity contribution in [3.63, 3.8) is 0 Å². The Morgan fingerprint density at radius 1 is 1.04 bits per heavy atom. The number of aliphatic imine (C=N–C) groups is 1. The number of amides is 1. The zero-order valence-electron chi connectivity index (χ0n) is 13.8. The quantitative estimate of drug-likeness (QED) is 0.744. The number of halogens is 2. The van der Waals surface area contributed by atoms with Gasteiger partial charge in [0.1, 0.15) is 5.70 Å². The van der Waals surface area contributed by atoms with Crippen molar-refractivity contribution in [1.82, 2.24) is 10.3 Å². The Balaban J connectivity index is 1.43. The molecule has 2 unspecified atom stereocenters. The Hall–Kier alpha value is -2.28. The molecule has 2 atom stereocenters. The Morgan fingerprint density at radius 2 is 1.70 bits per heavy atom. The molecule has 5 nitrogen and oxygen atoms in total. The molecule has 3 heterocycles. The maximum Gasteiger partial charge on any atom is 0.284 e. The molecule has 27 heavy (non-hydrogen) atoms. The van der Waals surface area contributed by atoms with Gasteiger partial charge in [0.2, 0.25) is 0 Å². The van der Waals surface area contributed by atoms with E-state index < -0.39 is 0 Å². The molecule has 3 aliphatic heterocycles. The number of nitrogens with zero attached hydrogens (tertiary/aromatic N) is 3. The molecule has 0 aliphatic carbocycles. The van der Waals surface area contributed by atoms with Crippen molar-refractivity contribution in [1.29, 1.82) is 0 Å². The van der Waals surface area contributed by atoms with Gasteiger partial charge < -0.3 is 0 Å². The van der Waals surface area contributed by atoms with E-state index in [0.717, 1.165) is 11.1 Å². The van der Waals surface area contributed by atoms with Gasteiger partial charge in [-0.15, -0.1) is 0 Å². The van der Waals surface area contributed by atoms with E-state index in [9.17, 15) is 4.79 Å². The topological polar surface area (TPSA) is 57.1 Å². The van der Waals surface area contributed by atoms with Crippen molar-refractivity contribution < 1.29 is 4.79 Å². The number of hydrogen-bond acceptors (Lipinski definition) is 5. The van der Waals surface area contributed by atoms with Crippen LogP contribution in [-0.4, -0.2) is 27.1 Å². The number of thioether (sulfide) groups is 1. The lowest BCUT2D eigenvalue weighted by Gasteiger charge is -2.15. The van der Waals surface area contributed by atoms with Gasteiger partial charge in [0.15, 0.2) is 11.0 Å². The molecule has 0 bridgehead atoms. The van der Waals surface area contributed by atoms with Crippen molar-refractivity contribution >= 4 is 58.0 Å². The van der Waals surface area contributed by atoms with Crippen molar-refractivity contribution in [2.45, 2.75) is 11.3 Å². The number of hydrogen-bond donors (Lipinski definition) is 1. The van der Waals surface area contributed by atoms with Gasteiger partial charge in [-0.25, -0.2) is 9.89 Å². The number of nitrogens with one attached hydrogen (secondary N) is 1. The fourth-order valence-corrected chi connectivity index (χ4v) is 4.77. The molecular weight excluding hydrogens is 403 g/mol. The standard InChI is InChI=1S/C19H12Cl2N4OS/c20-12-5-1-10(2-6-12)9-14-18(26)25-17-16(27-19(25)22-14)15(23-24-17)11-3-7-13(21)8-4-11/h1-9,15-16,23H/b14-9-. The van der Waals surface area contributed by atoms with Crippen molar-refractivity contribution in [3.8, 4) is 0 Å². The third-order valence-corrected chi connectivity index (χ3v) is 6.29. The highest BCUT2D eigenvalue weighted by molar-refractivity contribution is 8.15. The number of rotatable bonds is 2. The Morgan fingerprint density at radius 3 is 2.41 bits per heavy atom. The monoisotopic (exact) mass is 414 g/mol. The van der Waals surface area contributed by atoms with Crippen LogP contribution >= 0.6 is 35.0 Å². The highest BCUT2D eigenvalue weighted by Gasteiger charge is 2.50. The summed E-state index contributed by atoms with van der Waals surface area (Å²) in [6.07, 6.45) is 1.76. The number of carbonyl (C=O) groups excluding carboxylic acids is 1. The van der Waals surface area contributed by atoms with E-state index in [1.807, 2.05) is 36.4 Å². The average Bonchev–Trinajstić information content (AvgIpc) is 3.30. The summed E-state index contributed by atoms with van der Waals surface area (Å²) in [5.74, 6) is 0.537. The Kier molecular flexibility index (Phi) is 4.00. The number of benzene rings is 2. The number of amidine groups is 2. The third-order valence-electron chi connectivity index (χ3n) is 4.57. The van der Waals surface area contributed by atoms with E-state index in [0.29, 0.717) is 26.7 Å². The lowest BCUT2D eigenvalue weighted by molar-refractivity contribution is -0.120. The van der Waals surface area contributed by atoms with Gasteiger partial charge in [-0.2, -0.15) is 5.10 Å². The molecule has 2 aromatic carbocycles. The average molecular weight is 415 g/mol. The van der Waals surface area contributed by atoms with Crippen LogP contribution in [0, 0.1) is 0 Å². The Labute approximate surface area is 169 Å². The summed E-state index contributed by atoms with van der Waals surface area (Å²) < 4.78 is 0. The summed E-state index contributed by atoms with van der Waals surface area (Å²) in [5, 5.41) is 6.43. The van der Waals surface area contributed by atoms with Crippen LogP contribution in [0.5, 0.6) is 0 Å². The summed E-state index contributed by atoms with van der Waals surface area (Å²) in [6, 6.07) is 14.9. The van der Waals surface area contributed by atoms with Gasteiger partial charge in [-0.05, 0) is 41.5 Å². The van der Waals surface area contributed by atoms with Crippen LogP contribution in [0.4, 0.5) is 0 Å². The second-order valence-corrected chi connectivity index (χ2v) is 8.26. The summed E-state index contributed by atoms with van der Waals surface area (Å²) in [7, 11) is 0. The van der Waals surface area contributed by atoms with E-state index in [2.05, 4.69) is 15.5 Å². The normalized spacial score (nSPS) is 24.6. The minimum absolute atomic E-state index is 0.00552. The van der Waals surface area contributed by atoms with E-state index in [1.54, 1.807) is 34.9 Å². The van der Waals surface area contributed by atoms with E-state index in [4.69, 9.17) is 23.2 Å². The molecular formula is C19H12Cl2N4OS. The molecule has 134 valence electrons. The first kappa shape index (κ1) is 16.9. The summed E-state index contributed by atoms with van der Waals surface area (Å²) in [4.78, 5) is 19.0. The van der Waals surface area contributed by atoms with Crippen LogP contribution in [-0.2, 0) is 4.79 Å². The smallest absolute Gasteiger partial charge is 0.284 e. The van der Waals surface area contributed by atoms with Crippen LogP contribution in [0.15, 0.2) is 64.3 Å². The van der Waals surface area contributed by atoms with Crippen LogP contribution in [0.1, 0.15) is 17.2 Å². The fourth-order valence-electron chi connectivity index (χ4n) is 3.24. The highest BCUT2D eigenvalue weighted by atomic mass is 35.5. The van der Waals surface area contributed by atoms with Crippen LogP contribution in [0.25, 0.3) is 6.08 Å². The first-order chi connectivity index (χ1) is 13.1. The molecule has 1 saturated heterocycles. The lowest BCUT2D eigenvalue weighted by atomic mass is 10.0. The zero-order valence-corrected chi connectivity index (χ0v) is 16.1. The zero-order chi connectivity index (χ0) is 18.5. The van der Waals surface area contributed by atoms with E-state index in [-0.39, 0.29) is 17.2 Å². The van der Waals surface area contributed by atoms with Gasteiger partial charge in [0, 0.05) is 10.0 Å². The summed E-state index contributed by atoms with van der Waals surface area (Å²) >= 11 is 13.4. The maximum absolute atomic E-state index is 12.9. The van der Waals surface area contributed by atoms with Gasteiger partial charge in [-0.3, -0.25) is 10.2 Å². The van der Waals surface area contributed by atoms with E-state index >= 15 is 0 Å². The number of carbonyl (C=O) groups is 1. The minimum Gasteiger partial charge on any atom is -0.299 e. The number of fused-ring (bicyclic) bond motifs is 3. The molecule has 0 saturated carbocycles. The van der Waals surface area contributed by atoms with Crippen molar-refractivity contribution in [3.05, 3.63) is 75.4 Å². The lowest BCUT2D eigenvalue weighted by Crippen LogP contribution is -2.34. The molecule has 0 spiro atoms. The molecule has 0 radical (unpaired) electrons. The second kappa shape index (κ2) is 6.41. The first-order valence-electron chi connectivity index (χ1n) is 8.26. The van der Waals surface area contributed by atoms with Crippen LogP contribution < -0.4 is 5.43 Å². The highest BCUT2D eigenvalue weighted by Crippen LogP contribution is 2.43. The minimum atomic E-state index is -0.160.